The van der Waals surface area contributed by atoms with E-state index in [0.29, 0.717) is 16.9 Å². The first kappa shape index (κ1) is 22.5. The maximum Gasteiger partial charge on any atom is 0.324 e. The molecule has 0 saturated carbocycles. The average molecular weight is 422 g/mol. The second-order valence-corrected chi connectivity index (χ2v) is 9.47. The van der Waals surface area contributed by atoms with E-state index in [9.17, 15) is 13.2 Å². The van der Waals surface area contributed by atoms with Crippen molar-refractivity contribution in [3.05, 3.63) is 64.2 Å². The lowest BCUT2D eigenvalue weighted by atomic mass is 10.0. The van der Waals surface area contributed by atoms with E-state index in [-0.39, 0.29) is 10.6 Å². The highest BCUT2D eigenvalue weighted by Gasteiger charge is 2.29. The number of sulfonamides is 1. The molecule has 2 aromatic rings. The van der Waals surface area contributed by atoms with Gasteiger partial charge in [-0.2, -0.15) is 16.5 Å². The third kappa shape index (κ3) is 5.37. The van der Waals surface area contributed by atoms with E-state index < -0.39 is 22.0 Å². The Morgan fingerprint density at radius 2 is 1.64 bits per heavy atom. The molecule has 0 aliphatic rings. The van der Waals surface area contributed by atoms with Crippen LogP contribution in [0.3, 0.4) is 0 Å². The van der Waals surface area contributed by atoms with Gasteiger partial charge in [0.05, 0.1) is 12.0 Å². The molecule has 152 valence electrons. The van der Waals surface area contributed by atoms with Crippen molar-refractivity contribution in [1.82, 2.24) is 4.72 Å². The van der Waals surface area contributed by atoms with Crippen molar-refractivity contribution in [3.8, 4) is 0 Å². The van der Waals surface area contributed by atoms with Gasteiger partial charge in [-0.1, -0.05) is 36.4 Å². The molecule has 0 unspecified atom stereocenters. The number of hydrogen-bond acceptors (Lipinski definition) is 5. The highest BCUT2D eigenvalue weighted by atomic mass is 32.2. The summed E-state index contributed by atoms with van der Waals surface area (Å²) in [6, 6.07) is 10.8. The lowest BCUT2D eigenvalue weighted by Gasteiger charge is -2.20. The van der Waals surface area contributed by atoms with Crippen LogP contribution < -0.4 is 4.72 Å². The molecule has 7 heteroatoms. The number of benzene rings is 2. The van der Waals surface area contributed by atoms with E-state index in [1.807, 2.05) is 50.2 Å². The average Bonchev–Trinajstić information content (AvgIpc) is 2.65. The van der Waals surface area contributed by atoms with Crippen LogP contribution in [0.25, 0.3) is 0 Å². The number of carbonyl (C=O) groups is 1. The summed E-state index contributed by atoms with van der Waals surface area (Å²) in [6.45, 7) is 7.34. The third-order valence-electron chi connectivity index (χ3n) is 4.75. The van der Waals surface area contributed by atoms with Crippen molar-refractivity contribution in [1.29, 1.82) is 0 Å². The van der Waals surface area contributed by atoms with Crippen molar-refractivity contribution in [3.63, 3.8) is 0 Å². The Kier molecular flexibility index (Phi) is 7.69. The molecule has 1 N–H and O–H groups in total. The Morgan fingerprint density at radius 1 is 1.07 bits per heavy atom. The molecular formula is C21H27NO4S2. The number of nitrogens with one attached hydrogen (secondary N) is 1. The zero-order valence-electron chi connectivity index (χ0n) is 16.9. The molecule has 0 aliphatic carbocycles. The van der Waals surface area contributed by atoms with Crippen LogP contribution in [0.2, 0.25) is 0 Å². The van der Waals surface area contributed by atoms with Crippen LogP contribution in [0.5, 0.6) is 0 Å². The fourth-order valence-electron chi connectivity index (χ4n) is 2.99. The number of ether oxygens (including phenoxy) is 1. The minimum atomic E-state index is -3.88. The van der Waals surface area contributed by atoms with E-state index in [2.05, 4.69) is 4.72 Å². The topological polar surface area (TPSA) is 72.5 Å². The number of hydrogen-bond donors (Lipinski definition) is 1. The lowest BCUT2D eigenvalue weighted by Crippen LogP contribution is -2.43. The SMILES string of the molecule is COC(=O)[C@H](CSCc1ccccc1)NS(=O)(=O)c1c(C)c(C)cc(C)c1C. The van der Waals surface area contributed by atoms with E-state index in [0.717, 1.165) is 16.7 Å². The molecule has 2 rings (SSSR count). The first-order valence-corrected chi connectivity index (χ1v) is 11.6. The van der Waals surface area contributed by atoms with Crippen molar-refractivity contribution in [2.75, 3.05) is 12.9 Å². The number of esters is 1. The molecule has 0 aliphatic heterocycles. The Bertz CT molecular complexity index is 914. The summed E-state index contributed by atoms with van der Waals surface area (Å²) < 4.78 is 33.6. The predicted octanol–water partition coefficient (Wildman–Crippen LogP) is 3.67. The van der Waals surface area contributed by atoms with E-state index in [1.54, 1.807) is 13.8 Å². The van der Waals surface area contributed by atoms with Gasteiger partial charge in [0.15, 0.2) is 0 Å². The monoisotopic (exact) mass is 421 g/mol. The second-order valence-electron chi connectivity index (χ2n) is 6.79. The smallest absolute Gasteiger partial charge is 0.324 e. The number of methoxy groups -OCH3 is 1. The molecule has 0 bridgehead atoms. The molecule has 0 aromatic heterocycles. The predicted molar refractivity (Wildman–Crippen MR) is 114 cm³/mol. The molecule has 28 heavy (non-hydrogen) atoms. The molecule has 2 aromatic carbocycles. The van der Waals surface area contributed by atoms with Gasteiger partial charge in [-0.05, 0) is 55.5 Å². The van der Waals surface area contributed by atoms with E-state index in [4.69, 9.17) is 4.74 Å². The van der Waals surface area contributed by atoms with Gasteiger partial charge in [0, 0.05) is 11.5 Å². The molecule has 0 saturated heterocycles. The highest BCUT2D eigenvalue weighted by molar-refractivity contribution is 7.98. The zero-order chi connectivity index (χ0) is 20.9. The van der Waals surface area contributed by atoms with Crippen molar-refractivity contribution in [2.45, 2.75) is 44.4 Å². The van der Waals surface area contributed by atoms with Crippen LogP contribution in [0.15, 0.2) is 41.3 Å². The Balaban J connectivity index is 2.23. The number of aryl methyl sites for hydroxylation is 2. The Labute approximate surface area is 171 Å². The quantitative estimate of drug-likeness (QED) is 0.659. The summed E-state index contributed by atoms with van der Waals surface area (Å²) in [5.74, 6) is 0.366. The van der Waals surface area contributed by atoms with E-state index >= 15 is 0 Å². The fraction of sp³-hybridized carbons (Fsp3) is 0.381. The molecule has 0 fully saturated rings. The first-order chi connectivity index (χ1) is 13.2. The highest BCUT2D eigenvalue weighted by Crippen LogP contribution is 2.26. The standard InChI is InChI=1S/C21H27NO4S2/c1-14-11-15(2)17(4)20(16(14)3)28(24,25)22-19(21(23)26-5)13-27-12-18-9-7-6-8-10-18/h6-11,19,22H,12-13H2,1-5H3/t19-/m0/s1. The maximum atomic E-state index is 13.1. The van der Waals surface area contributed by atoms with Crippen molar-refractivity contribution >= 4 is 27.8 Å². The summed E-state index contributed by atoms with van der Waals surface area (Å²) in [7, 11) is -2.62. The van der Waals surface area contributed by atoms with Gasteiger partial charge in [0.1, 0.15) is 6.04 Å². The van der Waals surface area contributed by atoms with Crippen LogP contribution in [0.1, 0.15) is 27.8 Å². The normalized spacial score (nSPS) is 12.6. The van der Waals surface area contributed by atoms with Crippen LogP contribution in [0, 0.1) is 27.7 Å². The lowest BCUT2D eigenvalue weighted by molar-refractivity contribution is -0.141. The van der Waals surface area contributed by atoms with E-state index in [1.165, 1.54) is 18.9 Å². The number of rotatable bonds is 8. The minimum Gasteiger partial charge on any atom is -0.468 e. The van der Waals surface area contributed by atoms with Crippen molar-refractivity contribution in [2.24, 2.45) is 0 Å². The van der Waals surface area contributed by atoms with Gasteiger partial charge < -0.3 is 4.74 Å². The summed E-state index contributed by atoms with van der Waals surface area (Å²) >= 11 is 1.48. The van der Waals surface area contributed by atoms with Gasteiger partial charge >= 0.3 is 5.97 Å². The summed E-state index contributed by atoms with van der Waals surface area (Å²) in [5, 5.41) is 0. The van der Waals surface area contributed by atoms with Gasteiger partial charge in [-0.25, -0.2) is 8.42 Å². The third-order valence-corrected chi connectivity index (χ3v) is 7.60. The molecule has 0 spiro atoms. The molecule has 0 radical (unpaired) electrons. The van der Waals surface area contributed by atoms with Gasteiger partial charge in [-0.15, -0.1) is 0 Å². The fourth-order valence-corrected chi connectivity index (χ4v) is 5.90. The molecule has 1 atom stereocenters. The summed E-state index contributed by atoms with van der Waals surface area (Å²) in [6.07, 6.45) is 0. The van der Waals surface area contributed by atoms with Gasteiger partial charge in [-0.3, -0.25) is 4.79 Å². The molecule has 0 heterocycles. The number of carbonyl (C=O) groups excluding carboxylic acids is 1. The summed E-state index contributed by atoms with van der Waals surface area (Å²) in [5.41, 5.74) is 4.29. The van der Waals surface area contributed by atoms with Crippen LogP contribution >= 0.6 is 11.8 Å². The van der Waals surface area contributed by atoms with Crippen LogP contribution in [-0.2, 0) is 25.3 Å². The largest absolute Gasteiger partial charge is 0.468 e. The van der Waals surface area contributed by atoms with Crippen molar-refractivity contribution < 1.29 is 17.9 Å². The molecular weight excluding hydrogens is 394 g/mol. The Hall–Kier alpha value is -1.83. The van der Waals surface area contributed by atoms with Crippen LogP contribution in [-0.4, -0.2) is 33.3 Å². The molecule has 5 nitrogen and oxygen atoms in total. The first-order valence-electron chi connectivity index (χ1n) is 8.96. The van der Waals surface area contributed by atoms with Gasteiger partial charge in [0.2, 0.25) is 10.0 Å². The minimum absolute atomic E-state index is 0.243. The Morgan fingerprint density at radius 3 is 2.18 bits per heavy atom. The second kappa shape index (κ2) is 9.58. The molecule has 0 amide bonds. The zero-order valence-corrected chi connectivity index (χ0v) is 18.5. The van der Waals surface area contributed by atoms with Crippen LogP contribution in [0.4, 0.5) is 0 Å². The summed E-state index contributed by atoms with van der Waals surface area (Å²) in [4.78, 5) is 12.4. The maximum absolute atomic E-state index is 13.1. The number of thioether (sulfide) groups is 1. The van der Waals surface area contributed by atoms with Gasteiger partial charge in [0.25, 0.3) is 0 Å².